The number of aromatic nitrogens is 3. The molecule has 0 bridgehead atoms. The van der Waals surface area contributed by atoms with Gasteiger partial charge in [-0.25, -0.2) is 0 Å². The lowest BCUT2D eigenvalue weighted by atomic mass is 10.1. The second-order valence-electron chi connectivity index (χ2n) is 3.43. The van der Waals surface area contributed by atoms with E-state index in [0.29, 0.717) is 6.61 Å². The first kappa shape index (κ1) is 11.9. The molecule has 1 N–H and O–H groups in total. The van der Waals surface area contributed by atoms with E-state index in [9.17, 15) is 0 Å². The van der Waals surface area contributed by atoms with Crippen LogP contribution < -0.4 is 10.1 Å². The Bertz CT molecular complexity index is 460. The molecule has 0 aliphatic heterocycles. The van der Waals surface area contributed by atoms with Crippen LogP contribution in [0.2, 0.25) is 0 Å². The minimum atomic E-state index is 0.0582. The van der Waals surface area contributed by atoms with Gasteiger partial charge in [0.15, 0.2) is 0 Å². The molecule has 1 unspecified atom stereocenters. The number of hydrogen-bond acceptors (Lipinski definition) is 6. The van der Waals surface area contributed by atoms with Gasteiger partial charge in [-0.1, -0.05) is 4.49 Å². The minimum Gasteiger partial charge on any atom is -0.492 e. The second kappa shape index (κ2) is 5.70. The van der Waals surface area contributed by atoms with Crippen LogP contribution in [0, 0.1) is 0 Å². The number of nitrogens with zero attached hydrogens (tertiary/aromatic N) is 3. The maximum Gasteiger partial charge on any atom is 0.137 e. The van der Waals surface area contributed by atoms with E-state index in [4.69, 9.17) is 4.74 Å². The molecule has 2 rings (SSSR count). The molecule has 0 aromatic carbocycles. The molecule has 90 valence electrons. The third-order valence-electron chi connectivity index (χ3n) is 2.33. The van der Waals surface area contributed by atoms with Gasteiger partial charge in [0.05, 0.1) is 29.9 Å². The van der Waals surface area contributed by atoms with Gasteiger partial charge >= 0.3 is 0 Å². The van der Waals surface area contributed by atoms with E-state index in [1.54, 1.807) is 12.4 Å². The van der Waals surface area contributed by atoms with Gasteiger partial charge in [-0.15, -0.1) is 5.10 Å². The number of nitrogens with one attached hydrogen (secondary N) is 1. The Hall–Kier alpha value is -1.53. The van der Waals surface area contributed by atoms with Crippen molar-refractivity contribution in [2.75, 3.05) is 13.7 Å². The summed E-state index contributed by atoms with van der Waals surface area (Å²) in [5, 5.41) is 7.08. The Labute approximate surface area is 104 Å². The molecule has 0 saturated heterocycles. The molecule has 2 aromatic heterocycles. The second-order valence-corrected chi connectivity index (χ2v) is 4.25. The molecule has 0 amide bonds. The minimum absolute atomic E-state index is 0.0582. The summed E-state index contributed by atoms with van der Waals surface area (Å²) in [4.78, 5) is 5.24. The summed E-state index contributed by atoms with van der Waals surface area (Å²) in [7, 11) is 1.90. The predicted molar refractivity (Wildman–Crippen MR) is 66.2 cm³/mol. The Morgan fingerprint density at radius 3 is 2.94 bits per heavy atom. The highest BCUT2D eigenvalue weighted by atomic mass is 32.1. The standard InChI is InChI=1S/C11H14N4OS/c1-3-16-9-4-8(5-13-6-9)11(12-2)10-7-14-15-17-10/h4-7,11-12H,3H2,1-2H3. The highest BCUT2D eigenvalue weighted by molar-refractivity contribution is 7.05. The van der Waals surface area contributed by atoms with Gasteiger partial charge in [0.25, 0.3) is 0 Å². The molecule has 0 saturated carbocycles. The first-order valence-electron chi connectivity index (χ1n) is 5.37. The summed E-state index contributed by atoms with van der Waals surface area (Å²) < 4.78 is 9.32. The van der Waals surface area contributed by atoms with Crippen molar-refractivity contribution in [1.29, 1.82) is 0 Å². The van der Waals surface area contributed by atoms with Crippen molar-refractivity contribution in [3.05, 3.63) is 35.1 Å². The van der Waals surface area contributed by atoms with Crippen molar-refractivity contribution in [2.24, 2.45) is 0 Å². The van der Waals surface area contributed by atoms with Crippen molar-refractivity contribution < 1.29 is 4.74 Å². The number of ether oxygens (including phenoxy) is 1. The smallest absolute Gasteiger partial charge is 0.137 e. The Balaban J connectivity index is 2.28. The van der Waals surface area contributed by atoms with Crippen LogP contribution in [0.15, 0.2) is 24.7 Å². The summed E-state index contributed by atoms with van der Waals surface area (Å²) in [5.41, 5.74) is 1.05. The Morgan fingerprint density at radius 2 is 2.29 bits per heavy atom. The molecule has 6 heteroatoms. The van der Waals surface area contributed by atoms with Gasteiger partial charge in [-0.05, 0) is 37.1 Å². The summed E-state index contributed by atoms with van der Waals surface area (Å²) in [5.74, 6) is 0.780. The lowest BCUT2D eigenvalue weighted by Crippen LogP contribution is -2.16. The van der Waals surface area contributed by atoms with Gasteiger partial charge in [0, 0.05) is 6.20 Å². The molecule has 0 radical (unpaired) electrons. The monoisotopic (exact) mass is 250 g/mol. The quantitative estimate of drug-likeness (QED) is 0.874. The fourth-order valence-corrected chi connectivity index (χ4v) is 2.26. The third-order valence-corrected chi connectivity index (χ3v) is 3.06. The van der Waals surface area contributed by atoms with E-state index < -0.39 is 0 Å². The summed E-state index contributed by atoms with van der Waals surface area (Å²) >= 11 is 1.38. The van der Waals surface area contributed by atoms with Crippen molar-refractivity contribution in [2.45, 2.75) is 13.0 Å². The Morgan fingerprint density at radius 1 is 1.41 bits per heavy atom. The predicted octanol–water partition coefficient (Wildman–Crippen LogP) is 1.64. The average Bonchev–Trinajstić information content (AvgIpc) is 2.85. The first-order valence-corrected chi connectivity index (χ1v) is 6.14. The maximum absolute atomic E-state index is 5.44. The van der Waals surface area contributed by atoms with Crippen LogP contribution in [0.25, 0.3) is 0 Å². The van der Waals surface area contributed by atoms with Crippen LogP contribution in [0.3, 0.4) is 0 Å². The van der Waals surface area contributed by atoms with Gasteiger partial charge in [-0.2, -0.15) is 0 Å². The molecule has 0 aliphatic carbocycles. The van der Waals surface area contributed by atoms with Crippen LogP contribution in [0.1, 0.15) is 23.4 Å². The van der Waals surface area contributed by atoms with Crippen LogP contribution in [-0.2, 0) is 0 Å². The van der Waals surface area contributed by atoms with E-state index in [-0.39, 0.29) is 6.04 Å². The van der Waals surface area contributed by atoms with E-state index in [0.717, 1.165) is 16.2 Å². The highest BCUT2D eigenvalue weighted by Crippen LogP contribution is 2.25. The van der Waals surface area contributed by atoms with Crippen LogP contribution in [-0.4, -0.2) is 28.2 Å². The fourth-order valence-electron chi connectivity index (χ4n) is 1.61. The summed E-state index contributed by atoms with van der Waals surface area (Å²) in [6.07, 6.45) is 5.30. The number of rotatable bonds is 5. The van der Waals surface area contributed by atoms with Crippen LogP contribution >= 0.6 is 11.5 Å². The van der Waals surface area contributed by atoms with E-state index >= 15 is 0 Å². The molecule has 17 heavy (non-hydrogen) atoms. The van der Waals surface area contributed by atoms with Crippen LogP contribution in [0.5, 0.6) is 5.75 Å². The van der Waals surface area contributed by atoms with E-state index in [1.807, 2.05) is 26.2 Å². The summed E-state index contributed by atoms with van der Waals surface area (Å²) in [6, 6.07) is 2.04. The Kier molecular flexibility index (Phi) is 4.00. The highest BCUT2D eigenvalue weighted by Gasteiger charge is 2.15. The summed E-state index contributed by atoms with van der Waals surface area (Å²) in [6.45, 7) is 2.59. The molecule has 2 heterocycles. The number of hydrogen-bond donors (Lipinski definition) is 1. The van der Waals surface area contributed by atoms with Crippen molar-refractivity contribution in [3.63, 3.8) is 0 Å². The van der Waals surface area contributed by atoms with Crippen molar-refractivity contribution in [1.82, 2.24) is 19.9 Å². The zero-order chi connectivity index (χ0) is 12.1. The molecule has 0 aliphatic rings. The zero-order valence-electron chi connectivity index (χ0n) is 9.75. The molecule has 0 fully saturated rings. The fraction of sp³-hybridized carbons (Fsp3) is 0.364. The molecule has 2 aromatic rings. The van der Waals surface area contributed by atoms with Crippen LogP contribution in [0.4, 0.5) is 0 Å². The lowest BCUT2D eigenvalue weighted by molar-refractivity contribution is 0.338. The van der Waals surface area contributed by atoms with Gasteiger partial charge in [-0.3, -0.25) is 4.98 Å². The molecular weight excluding hydrogens is 236 g/mol. The molecule has 0 spiro atoms. The largest absolute Gasteiger partial charge is 0.492 e. The first-order chi connectivity index (χ1) is 8.35. The zero-order valence-corrected chi connectivity index (χ0v) is 10.6. The normalized spacial score (nSPS) is 12.4. The topological polar surface area (TPSA) is 59.9 Å². The van der Waals surface area contributed by atoms with Crippen molar-refractivity contribution >= 4 is 11.5 Å². The SMILES string of the molecule is CCOc1cncc(C(NC)c2cnns2)c1. The van der Waals surface area contributed by atoms with E-state index in [1.165, 1.54) is 11.5 Å². The van der Waals surface area contributed by atoms with E-state index in [2.05, 4.69) is 19.9 Å². The molecule has 1 atom stereocenters. The maximum atomic E-state index is 5.44. The average molecular weight is 250 g/mol. The van der Waals surface area contributed by atoms with Gasteiger partial charge < -0.3 is 10.1 Å². The lowest BCUT2D eigenvalue weighted by Gasteiger charge is -2.14. The van der Waals surface area contributed by atoms with Crippen molar-refractivity contribution in [3.8, 4) is 5.75 Å². The van der Waals surface area contributed by atoms with Gasteiger partial charge in [0.1, 0.15) is 5.75 Å². The molecule has 5 nitrogen and oxygen atoms in total. The number of pyridine rings is 1. The van der Waals surface area contributed by atoms with Gasteiger partial charge in [0.2, 0.25) is 0 Å². The third kappa shape index (κ3) is 2.78. The molecular formula is C11H14N4OS.